The van der Waals surface area contributed by atoms with Crippen molar-refractivity contribution in [2.45, 2.75) is 12.1 Å². The van der Waals surface area contributed by atoms with Gasteiger partial charge < -0.3 is 5.32 Å². The largest absolute Gasteiger partial charge is 0.416 e. The minimum atomic E-state index is -4.23. The first-order valence-corrected chi connectivity index (χ1v) is 4.45. The maximum atomic E-state index is 12.2. The lowest BCUT2D eigenvalue weighted by Crippen LogP contribution is -2.39. The van der Waals surface area contributed by atoms with Crippen molar-refractivity contribution in [1.82, 2.24) is 5.32 Å². The molecular weight excluding hydrogens is 191 g/mol. The highest BCUT2D eigenvalue weighted by atomic mass is 19.4. The van der Waals surface area contributed by atoms with E-state index in [0.717, 1.165) is 30.8 Å². The highest BCUT2D eigenvalue weighted by molar-refractivity contribution is 5.28. The summed E-state index contributed by atoms with van der Waals surface area (Å²) < 4.78 is 36.6. The van der Waals surface area contributed by atoms with Crippen LogP contribution in [0, 0.1) is 0 Å². The van der Waals surface area contributed by atoms with Crippen molar-refractivity contribution in [3.8, 4) is 0 Å². The van der Waals surface area contributed by atoms with Crippen molar-refractivity contribution in [3.63, 3.8) is 0 Å². The van der Waals surface area contributed by atoms with Gasteiger partial charge in [-0.3, -0.25) is 0 Å². The van der Waals surface area contributed by atoms with Crippen LogP contribution in [0.15, 0.2) is 24.3 Å². The highest BCUT2D eigenvalue weighted by Crippen LogP contribution is 2.30. The third-order valence-corrected chi connectivity index (χ3v) is 2.49. The Hall–Kier alpha value is -1.03. The summed E-state index contributed by atoms with van der Waals surface area (Å²) in [6.45, 7) is 1.73. The zero-order valence-corrected chi connectivity index (χ0v) is 7.43. The van der Waals surface area contributed by atoms with Gasteiger partial charge in [0.25, 0.3) is 0 Å². The molecule has 0 radical (unpaired) electrons. The van der Waals surface area contributed by atoms with Crippen LogP contribution >= 0.6 is 0 Å². The molecule has 1 nitrogen and oxygen atoms in total. The Morgan fingerprint density at radius 1 is 1.07 bits per heavy atom. The summed E-state index contributed by atoms with van der Waals surface area (Å²) in [5.41, 5.74) is 0.408. The zero-order chi connectivity index (χ0) is 10.2. The van der Waals surface area contributed by atoms with E-state index in [1.54, 1.807) is 12.1 Å². The van der Waals surface area contributed by atoms with Gasteiger partial charge in [-0.2, -0.15) is 13.2 Å². The number of benzene rings is 1. The summed E-state index contributed by atoms with van der Waals surface area (Å²) >= 11 is 0. The fourth-order valence-electron chi connectivity index (χ4n) is 1.47. The van der Waals surface area contributed by atoms with Gasteiger partial charge in [-0.1, -0.05) is 12.1 Å². The fourth-order valence-corrected chi connectivity index (χ4v) is 1.47. The van der Waals surface area contributed by atoms with Crippen molar-refractivity contribution >= 4 is 0 Å². The zero-order valence-electron chi connectivity index (χ0n) is 7.43. The summed E-state index contributed by atoms with van der Waals surface area (Å²) in [7, 11) is 0. The molecule has 0 bridgehead atoms. The molecule has 4 heteroatoms. The Morgan fingerprint density at radius 2 is 1.64 bits per heavy atom. The molecule has 1 aromatic carbocycles. The van der Waals surface area contributed by atoms with Crippen molar-refractivity contribution in [1.29, 1.82) is 0 Å². The monoisotopic (exact) mass is 201 g/mol. The quantitative estimate of drug-likeness (QED) is 0.735. The summed E-state index contributed by atoms with van der Waals surface area (Å²) in [4.78, 5) is 0. The first kappa shape index (κ1) is 9.52. The molecular formula is C10H10F3N. The molecule has 1 saturated heterocycles. The number of nitrogens with one attached hydrogen (secondary N) is 1. The van der Waals surface area contributed by atoms with Crippen molar-refractivity contribution in [2.75, 3.05) is 13.1 Å². The molecule has 1 fully saturated rings. The highest BCUT2D eigenvalue weighted by Gasteiger charge is 2.30. The normalized spacial score (nSPS) is 17.9. The van der Waals surface area contributed by atoms with Gasteiger partial charge in [0.15, 0.2) is 0 Å². The topological polar surface area (TPSA) is 12.0 Å². The van der Waals surface area contributed by atoms with E-state index in [4.69, 9.17) is 0 Å². The molecule has 76 valence electrons. The van der Waals surface area contributed by atoms with E-state index in [1.165, 1.54) is 0 Å². The number of halogens is 3. The van der Waals surface area contributed by atoms with E-state index < -0.39 is 11.7 Å². The summed E-state index contributed by atoms with van der Waals surface area (Å²) in [6, 6.07) is 5.42. The van der Waals surface area contributed by atoms with Crippen molar-refractivity contribution in [2.24, 2.45) is 0 Å². The number of alkyl halides is 3. The predicted octanol–water partition coefficient (Wildman–Crippen LogP) is 2.39. The van der Waals surface area contributed by atoms with E-state index in [9.17, 15) is 13.2 Å². The molecule has 1 N–H and O–H groups in total. The number of hydrogen-bond acceptors (Lipinski definition) is 1. The van der Waals surface area contributed by atoms with Gasteiger partial charge >= 0.3 is 6.18 Å². The van der Waals surface area contributed by atoms with Crippen molar-refractivity contribution in [3.05, 3.63) is 35.4 Å². The average Bonchev–Trinajstić information content (AvgIpc) is 2.00. The van der Waals surface area contributed by atoms with E-state index in [0.29, 0.717) is 5.92 Å². The smallest absolute Gasteiger partial charge is 0.315 e. The third kappa shape index (κ3) is 1.75. The van der Waals surface area contributed by atoms with Crippen LogP contribution in [0.1, 0.15) is 17.0 Å². The standard InChI is InChI=1S/C10H10F3N/c11-10(12,13)9-3-1-7(2-4-9)8-5-14-6-8/h1-4,8,14H,5-6H2. The van der Waals surface area contributed by atoms with Gasteiger partial charge in [-0.15, -0.1) is 0 Å². The van der Waals surface area contributed by atoms with Crippen LogP contribution in [-0.2, 0) is 6.18 Å². The number of hydrogen-bond donors (Lipinski definition) is 1. The lowest BCUT2D eigenvalue weighted by molar-refractivity contribution is -0.137. The van der Waals surface area contributed by atoms with E-state index in [-0.39, 0.29) is 0 Å². The van der Waals surface area contributed by atoms with Gasteiger partial charge in [0.2, 0.25) is 0 Å². The minimum Gasteiger partial charge on any atom is -0.315 e. The molecule has 0 aliphatic carbocycles. The summed E-state index contributed by atoms with van der Waals surface area (Å²) in [5.74, 6) is 0.386. The second-order valence-corrected chi connectivity index (χ2v) is 3.47. The fraction of sp³-hybridized carbons (Fsp3) is 0.400. The molecule has 0 saturated carbocycles. The molecule has 1 heterocycles. The first-order chi connectivity index (χ1) is 6.57. The molecule has 0 amide bonds. The van der Waals surface area contributed by atoms with E-state index in [2.05, 4.69) is 5.32 Å². The first-order valence-electron chi connectivity index (χ1n) is 4.45. The molecule has 1 aromatic rings. The lowest BCUT2D eigenvalue weighted by atomic mass is 9.93. The Morgan fingerprint density at radius 3 is 2.00 bits per heavy atom. The summed E-state index contributed by atoms with van der Waals surface area (Å²) in [5, 5.41) is 3.08. The summed E-state index contributed by atoms with van der Waals surface area (Å²) in [6.07, 6.45) is -4.23. The van der Waals surface area contributed by atoms with E-state index >= 15 is 0 Å². The lowest BCUT2D eigenvalue weighted by Gasteiger charge is -2.27. The van der Waals surface area contributed by atoms with Crippen LogP contribution in [0.3, 0.4) is 0 Å². The predicted molar refractivity (Wildman–Crippen MR) is 47.1 cm³/mol. The van der Waals surface area contributed by atoms with E-state index in [1.807, 2.05) is 0 Å². The Bertz CT molecular complexity index is 311. The number of rotatable bonds is 1. The van der Waals surface area contributed by atoms with Gasteiger partial charge in [-0.25, -0.2) is 0 Å². The maximum absolute atomic E-state index is 12.2. The molecule has 1 aliphatic rings. The minimum absolute atomic E-state index is 0.386. The molecule has 2 rings (SSSR count). The van der Waals surface area contributed by atoms with Gasteiger partial charge in [0.05, 0.1) is 5.56 Å². The second kappa shape index (κ2) is 3.28. The Balaban J connectivity index is 2.17. The van der Waals surface area contributed by atoms with Crippen LogP contribution in [0.2, 0.25) is 0 Å². The Kier molecular flexibility index (Phi) is 2.23. The molecule has 0 aromatic heterocycles. The molecule has 14 heavy (non-hydrogen) atoms. The molecule has 0 spiro atoms. The van der Waals surface area contributed by atoms with Crippen LogP contribution < -0.4 is 5.32 Å². The van der Waals surface area contributed by atoms with Crippen LogP contribution in [-0.4, -0.2) is 13.1 Å². The molecule has 1 aliphatic heterocycles. The molecule has 0 unspecified atom stereocenters. The maximum Gasteiger partial charge on any atom is 0.416 e. The second-order valence-electron chi connectivity index (χ2n) is 3.47. The van der Waals surface area contributed by atoms with Crippen LogP contribution in [0.5, 0.6) is 0 Å². The Labute approximate surface area is 79.9 Å². The SMILES string of the molecule is FC(F)(F)c1ccc(C2CNC2)cc1. The molecule has 0 atom stereocenters. The van der Waals surface area contributed by atoms with Gasteiger partial charge in [0.1, 0.15) is 0 Å². The van der Waals surface area contributed by atoms with Gasteiger partial charge in [-0.05, 0) is 17.7 Å². The van der Waals surface area contributed by atoms with Crippen molar-refractivity contribution < 1.29 is 13.2 Å². The average molecular weight is 201 g/mol. The van der Waals surface area contributed by atoms with Crippen LogP contribution in [0.25, 0.3) is 0 Å². The third-order valence-electron chi connectivity index (χ3n) is 2.49. The van der Waals surface area contributed by atoms with Gasteiger partial charge in [0, 0.05) is 19.0 Å². The van der Waals surface area contributed by atoms with Crippen LogP contribution in [0.4, 0.5) is 13.2 Å².